The topological polar surface area (TPSA) is 94.7 Å². The van der Waals surface area contributed by atoms with Crippen molar-refractivity contribution in [2.45, 2.75) is 31.6 Å². The van der Waals surface area contributed by atoms with E-state index in [1.807, 2.05) is 0 Å². The highest BCUT2D eigenvalue weighted by Gasteiger charge is 2.37. The minimum absolute atomic E-state index is 0.0634. The van der Waals surface area contributed by atoms with Gasteiger partial charge in [-0.05, 0) is 19.4 Å². The summed E-state index contributed by atoms with van der Waals surface area (Å²) >= 11 is 0. The zero-order chi connectivity index (χ0) is 18.3. The monoisotopic (exact) mass is 366 g/mol. The van der Waals surface area contributed by atoms with Crippen LogP contribution in [0.5, 0.6) is 0 Å². The quantitative estimate of drug-likeness (QED) is 0.666. The second-order valence-corrected chi connectivity index (χ2v) is 6.38. The number of rotatable bonds is 3. The molecule has 1 atom stereocenters. The lowest BCUT2D eigenvalue weighted by molar-refractivity contribution is -0.137. The number of carbonyl (C=O) groups is 1. The Hall–Kier alpha value is -2.62. The number of fused-ring (bicyclic) bond motifs is 1. The van der Waals surface area contributed by atoms with E-state index < -0.39 is 11.7 Å². The summed E-state index contributed by atoms with van der Waals surface area (Å²) in [6.45, 7) is 1.80. The predicted octanol–water partition coefficient (Wildman–Crippen LogP) is 1.90. The largest absolute Gasteiger partial charge is 0.419 e. The number of anilines is 1. The van der Waals surface area contributed by atoms with Gasteiger partial charge in [0, 0.05) is 42.7 Å². The molecule has 7 nitrogen and oxygen atoms in total. The molecule has 2 aromatic heterocycles. The van der Waals surface area contributed by atoms with E-state index in [2.05, 4.69) is 30.9 Å². The molecule has 2 aromatic rings. The van der Waals surface area contributed by atoms with Crippen LogP contribution in [-0.2, 0) is 12.7 Å². The van der Waals surface area contributed by atoms with Crippen LogP contribution in [-0.4, -0.2) is 40.0 Å². The second kappa shape index (κ2) is 6.27. The summed E-state index contributed by atoms with van der Waals surface area (Å²) in [6.07, 6.45) is -0.535. The Morgan fingerprint density at radius 2 is 2.15 bits per heavy atom. The fourth-order valence-electron chi connectivity index (χ4n) is 3.33. The Labute approximate surface area is 146 Å². The van der Waals surface area contributed by atoms with Gasteiger partial charge in [0.05, 0.1) is 5.69 Å². The highest BCUT2D eigenvalue weighted by atomic mass is 19.4. The molecule has 4 rings (SSSR count). The first-order chi connectivity index (χ1) is 12.4. The van der Waals surface area contributed by atoms with Crippen molar-refractivity contribution in [3.63, 3.8) is 0 Å². The van der Waals surface area contributed by atoms with E-state index in [4.69, 9.17) is 0 Å². The van der Waals surface area contributed by atoms with E-state index in [0.29, 0.717) is 12.1 Å². The molecule has 26 heavy (non-hydrogen) atoms. The van der Waals surface area contributed by atoms with Crippen LogP contribution in [0.3, 0.4) is 0 Å². The third-order valence-corrected chi connectivity index (χ3v) is 4.62. The van der Waals surface area contributed by atoms with E-state index in [-0.39, 0.29) is 41.4 Å². The third-order valence-electron chi connectivity index (χ3n) is 4.62. The normalized spacial score (nSPS) is 20.0. The van der Waals surface area contributed by atoms with Gasteiger partial charge < -0.3 is 20.9 Å². The van der Waals surface area contributed by atoms with Gasteiger partial charge in [-0.15, -0.1) is 0 Å². The van der Waals surface area contributed by atoms with Crippen molar-refractivity contribution in [1.29, 1.82) is 0 Å². The van der Waals surface area contributed by atoms with Crippen LogP contribution in [0.2, 0.25) is 0 Å². The maximum absolute atomic E-state index is 13.5. The molecule has 2 aliphatic rings. The number of amides is 1. The number of hydrogen-bond acceptors (Lipinski definition) is 5. The van der Waals surface area contributed by atoms with Gasteiger partial charge in [-0.1, -0.05) is 0 Å². The molecular weight excluding hydrogens is 349 g/mol. The summed E-state index contributed by atoms with van der Waals surface area (Å²) in [5.74, 6) is -0.186. The number of alkyl halides is 3. The van der Waals surface area contributed by atoms with E-state index in [1.54, 1.807) is 0 Å². The number of piperidine rings is 1. The molecule has 0 bridgehead atoms. The summed E-state index contributed by atoms with van der Waals surface area (Å²) in [7, 11) is 0. The molecule has 4 N–H and O–H groups in total. The lowest BCUT2D eigenvalue weighted by Gasteiger charge is -2.24. The average Bonchev–Trinajstić information content (AvgIpc) is 3.18. The van der Waals surface area contributed by atoms with Crippen LogP contribution in [0.4, 0.5) is 19.1 Å². The Morgan fingerprint density at radius 1 is 1.31 bits per heavy atom. The van der Waals surface area contributed by atoms with E-state index in [0.717, 1.165) is 25.6 Å². The Morgan fingerprint density at radius 3 is 2.88 bits per heavy atom. The number of aromatic amines is 1. The van der Waals surface area contributed by atoms with Gasteiger partial charge in [-0.2, -0.15) is 13.2 Å². The molecule has 1 saturated heterocycles. The highest BCUT2D eigenvalue weighted by Crippen LogP contribution is 2.38. The van der Waals surface area contributed by atoms with Crippen LogP contribution < -0.4 is 16.0 Å². The van der Waals surface area contributed by atoms with Gasteiger partial charge >= 0.3 is 6.18 Å². The molecule has 0 aromatic carbocycles. The van der Waals surface area contributed by atoms with Crippen molar-refractivity contribution < 1.29 is 18.0 Å². The zero-order valence-electron chi connectivity index (χ0n) is 13.7. The number of H-pyrrole nitrogens is 1. The number of nitrogens with zero attached hydrogens (tertiary/aromatic N) is 2. The second-order valence-electron chi connectivity index (χ2n) is 6.38. The lowest BCUT2D eigenvalue weighted by Crippen LogP contribution is -2.38. The van der Waals surface area contributed by atoms with Gasteiger partial charge in [0.2, 0.25) is 5.95 Å². The van der Waals surface area contributed by atoms with Gasteiger partial charge in [0.15, 0.2) is 0 Å². The Kier molecular flexibility index (Phi) is 4.06. The summed E-state index contributed by atoms with van der Waals surface area (Å²) in [5, 5.41) is 8.91. The number of nitrogens with one attached hydrogen (secondary N) is 4. The van der Waals surface area contributed by atoms with Gasteiger partial charge in [-0.3, -0.25) is 4.79 Å². The predicted molar refractivity (Wildman–Crippen MR) is 87.5 cm³/mol. The van der Waals surface area contributed by atoms with Crippen molar-refractivity contribution in [1.82, 2.24) is 25.6 Å². The minimum Gasteiger partial charge on any atom is -0.356 e. The maximum atomic E-state index is 13.5. The smallest absolute Gasteiger partial charge is 0.356 e. The molecule has 0 spiro atoms. The first-order valence-electron chi connectivity index (χ1n) is 8.34. The zero-order valence-corrected chi connectivity index (χ0v) is 13.7. The van der Waals surface area contributed by atoms with Crippen molar-refractivity contribution in [3.05, 3.63) is 29.2 Å². The number of halogens is 3. The lowest BCUT2D eigenvalue weighted by atomic mass is 10.0. The molecule has 4 heterocycles. The molecule has 1 amide bonds. The molecule has 1 fully saturated rings. The fourth-order valence-corrected chi connectivity index (χ4v) is 3.33. The number of carbonyl (C=O) groups excluding carboxylic acids is 1. The Balaban J connectivity index is 1.74. The SMILES string of the molecule is O=C1NCc2c(-c3nc(NC4CCCNC4)ncc3C(F)(F)F)c[nH]c21. The van der Waals surface area contributed by atoms with Crippen LogP contribution in [0.15, 0.2) is 12.4 Å². The highest BCUT2D eigenvalue weighted by molar-refractivity contribution is 5.99. The van der Waals surface area contributed by atoms with Crippen molar-refractivity contribution in [2.24, 2.45) is 0 Å². The molecule has 138 valence electrons. The molecular formula is C16H17F3N6O. The number of aromatic nitrogens is 3. The molecule has 0 radical (unpaired) electrons. The maximum Gasteiger partial charge on any atom is 0.419 e. The Bertz CT molecular complexity index is 841. The van der Waals surface area contributed by atoms with Crippen LogP contribution in [0, 0.1) is 0 Å². The van der Waals surface area contributed by atoms with Gasteiger partial charge in [0.1, 0.15) is 11.3 Å². The van der Waals surface area contributed by atoms with Gasteiger partial charge in [0.25, 0.3) is 5.91 Å². The summed E-state index contributed by atoms with van der Waals surface area (Å²) in [5.41, 5.74) is -0.126. The number of hydrogen-bond donors (Lipinski definition) is 4. The molecule has 0 saturated carbocycles. The van der Waals surface area contributed by atoms with Crippen LogP contribution in [0.25, 0.3) is 11.3 Å². The summed E-state index contributed by atoms with van der Waals surface area (Å²) in [6, 6.07) is 0.0634. The van der Waals surface area contributed by atoms with Crippen molar-refractivity contribution in [2.75, 3.05) is 18.4 Å². The third kappa shape index (κ3) is 3.00. The standard InChI is InChI=1S/C16H17F3N6O/c17-16(18,19)11-7-23-15(24-8-2-1-3-20-4-8)25-12(11)9-5-21-13-10(9)6-22-14(13)26/h5,7-8,20-21H,1-4,6H2,(H,22,26)(H,23,24,25). The summed E-state index contributed by atoms with van der Waals surface area (Å²) < 4.78 is 40.4. The summed E-state index contributed by atoms with van der Waals surface area (Å²) in [4.78, 5) is 22.5. The molecule has 0 aliphatic carbocycles. The van der Waals surface area contributed by atoms with Crippen LogP contribution >= 0.6 is 0 Å². The molecule has 2 aliphatic heterocycles. The molecule has 10 heteroatoms. The average molecular weight is 366 g/mol. The first kappa shape index (κ1) is 16.8. The molecule has 1 unspecified atom stereocenters. The van der Waals surface area contributed by atoms with E-state index >= 15 is 0 Å². The van der Waals surface area contributed by atoms with Gasteiger partial charge in [-0.25, -0.2) is 9.97 Å². The fraction of sp³-hybridized carbons (Fsp3) is 0.438. The first-order valence-corrected chi connectivity index (χ1v) is 8.34. The van der Waals surface area contributed by atoms with E-state index in [1.165, 1.54) is 6.20 Å². The van der Waals surface area contributed by atoms with Crippen molar-refractivity contribution in [3.8, 4) is 11.3 Å². The van der Waals surface area contributed by atoms with E-state index in [9.17, 15) is 18.0 Å². The van der Waals surface area contributed by atoms with Crippen LogP contribution in [0.1, 0.15) is 34.5 Å². The van der Waals surface area contributed by atoms with Crippen molar-refractivity contribution >= 4 is 11.9 Å². The minimum atomic E-state index is -4.60.